The van der Waals surface area contributed by atoms with Gasteiger partial charge in [-0.15, -0.1) is 0 Å². The largest absolute Gasteiger partial charge is 0.368 e. The third-order valence-electron chi connectivity index (χ3n) is 2.97. The van der Waals surface area contributed by atoms with Gasteiger partial charge in [0.05, 0.1) is 0 Å². The SMILES string of the molecule is C=CNC(=O)N1CCN(c2cccc(Cl)c2)CC1. The molecule has 0 saturated carbocycles. The van der Waals surface area contributed by atoms with Crippen LogP contribution in [0.25, 0.3) is 0 Å². The number of anilines is 1. The minimum absolute atomic E-state index is 0.0873. The Balaban J connectivity index is 1.94. The highest BCUT2D eigenvalue weighted by Gasteiger charge is 2.20. The number of urea groups is 1. The van der Waals surface area contributed by atoms with Gasteiger partial charge in [-0.05, 0) is 24.4 Å². The molecule has 0 spiro atoms. The number of carbonyl (C=O) groups is 1. The van der Waals surface area contributed by atoms with Crippen molar-refractivity contribution in [1.82, 2.24) is 10.2 Å². The van der Waals surface area contributed by atoms with Crippen LogP contribution >= 0.6 is 11.6 Å². The molecular formula is C13H16ClN3O. The van der Waals surface area contributed by atoms with E-state index < -0.39 is 0 Å². The van der Waals surface area contributed by atoms with Crippen molar-refractivity contribution in [2.24, 2.45) is 0 Å². The van der Waals surface area contributed by atoms with Crippen LogP contribution in [0.4, 0.5) is 10.5 Å². The minimum atomic E-state index is -0.0873. The number of piperazine rings is 1. The summed E-state index contributed by atoms with van der Waals surface area (Å²) in [5.41, 5.74) is 1.10. The molecule has 1 fully saturated rings. The zero-order valence-corrected chi connectivity index (χ0v) is 10.9. The van der Waals surface area contributed by atoms with E-state index in [1.165, 1.54) is 6.20 Å². The average molecular weight is 266 g/mol. The first-order valence-electron chi connectivity index (χ1n) is 5.87. The van der Waals surface area contributed by atoms with Gasteiger partial charge in [0.2, 0.25) is 0 Å². The summed E-state index contributed by atoms with van der Waals surface area (Å²) in [6.45, 7) is 6.51. The first-order valence-corrected chi connectivity index (χ1v) is 6.25. The number of halogens is 1. The van der Waals surface area contributed by atoms with Crippen molar-refractivity contribution in [3.8, 4) is 0 Å². The van der Waals surface area contributed by atoms with Crippen LogP contribution in [0.1, 0.15) is 0 Å². The molecule has 1 heterocycles. The van der Waals surface area contributed by atoms with Gasteiger partial charge >= 0.3 is 6.03 Å². The van der Waals surface area contributed by atoms with Crippen LogP contribution < -0.4 is 10.2 Å². The topological polar surface area (TPSA) is 35.6 Å². The molecule has 0 atom stereocenters. The molecule has 1 aromatic rings. The molecule has 96 valence electrons. The number of nitrogens with one attached hydrogen (secondary N) is 1. The van der Waals surface area contributed by atoms with E-state index >= 15 is 0 Å². The zero-order valence-electron chi connectivity index (χ0n) is 10.1. The molecule has 5 heteroatoms. The van der Waals surface area contributed by atoms with Crippen LogP contribution in [0.5, 0.6) is 0 Å². The third-order valence-corrected chi connectivity index (χ3v) is 3.20. The van der Waals surface area contributed by atoms with Gasteiger partial charge in [-0.25, -0.2) is 4.79 Å². The lowest BCUT2D eigenvalue weighted by atomic mass is 10.2. The molecule has 0 bridgehead atoms. The van der Waals surface area contributed by atoms with Crippen molar-refractivity contribution in [1.29, 1.82) is 0 Å². The van der Waals surface area contributed by atoms with Crippen LogP contribution in [-0.2, 0) is 0 Å². The van der Waals surface area contributed by atoms with Gasteiger partial charge < -0.3 is 15.1 Å². The summed E-state index contributed by atoms with van der Waals surface area (Å²) in [6.07, 6.45) is 1.41. The summed E-state index contributed by atoms with van der Waals surface area (Å²) < 4.78 is 0. The number of nitrogens with zero attached hydrogens (tertiary/aromatic N) is 2. The Bertz CT molecular complexity index is 442. The van der Waals surface area contributed by atoms with E-state index in [4.69, 9.17) is 11.6 Å². The standard InChI is InChI=1S/C13H16ClN3O/c1-2-15-13(18)17-8-6-16(7-9-17)12-5-3-4-11(14)10-12/h2-5,10H,1,6-9H2,(H,15,18). The molecule has 0 aliphatic carbocycles. The van der Waals surface area contributed by atoms with E-state index in [1.807, 2.05) is 24.3 Å². The number of carbonyl (C=O) groups excluding carboxylic acids is 1. The van der Waals surface area contributed by atoms with E-state index in [-0.39, 0.29) is 6.03 Å². The van der Waals surface area contributed by atoms with Crippen molar-refractivity contribution in [3.63, 3.8) is 0 Å². The second-order valence-corrected chi connectivity index (χ2v) is 4.54. The molecule has 1 aromatic carbocycles. The lowest BCUT2D eigenvalue weighted by Gasteiger charge is -2.35. The predicted molar refractivity (Wildman–Crippen MR) is 74.0 cm³/mol. The van der Waals surface area contributed by atoms with Crippen LogP contribution in [0, 0.1) is 0 Å². The third kappa shape index (κ3) is 2.96. The highest BCUT2D eigenvalue weighted by molar-refractivity contribution is 6.30. The van der Waals surface area contributed by atoms with E-state index in [2.05, 4.69) is 16.8 Å². The molecule has 0 aromatic heterocycles. The molecule has 1 saturated heterocycles. The molecule has 1 N–H and O–H groups in total. The van der Waals surface area contributed by atoms with Gasteiger partial charge in [0.1, 0.15) is 0 Å². The van der Waals surface area contributed by atoms with Gasteiger partial charge in [-0.2, -0.15) is 0 Å². The van der Waals surface area contributed by atoms with Crippen LogP contribution in [0.15, 0.2) is 37.0 Å². The fourth-order valence-corrected chi connectivity index (χ4v) is 2.20. The number of benzene rings is 1. The first kappa shape index (κ1) is 12.8. The molecule has 18 heavy (non-hydrogen) atoms. The van der Waals surface area contributed by atoms with E-state index in [0.717, 1.165) is 23.8 Å². The molecule has 4 nitrogen and oxygen atoms in total. The Morgan fingerprint density at radius 2 is 2.06 bits per heavy atom. The Kier molecular flexibility index (Phi) is 4.10. The fraction of sp³-hybridized carbons (Fsp3) is 0.308. The van der Waals surface area contributed by atoms with Gasteiger partial charge in [0.15, 0.2) is 0 Å². The highest BCUT2D eigenvalue weighted by atomic mass is 35.5. The Hall–Kier alpha value is -1.68. The summed E-state index contributed by atoms with van der Waals surface area (Å²) in [5.74, 6) is 0. The second-order valence-electron chi connectivity index (χ2n) is 4.11. The molecule has 1 aliphatic rings. The summed E-state index contributed by atoms with van der Waals surface area (Å²) in [7, 11) is 0. The first-order chi connectivity index (χ1) is 8.70. The fourth-order valence-electron chi connectivity index (χ4n) is 2.02. The molecule has 1 aliphatic heterocycles. The van der Waals surface area contributed by atoms with Crippen molar-refractivity contribution < 1.29 is 4.79 Å². The highest BCUT2D eigenvalue weighted by Crippen LogP contribution is 2.20. The second kappa shape index (κ2) is 5.78. The Morgan fingerprint density at radius 3 is 2.67 bits per heavy atom. The summed E-state index contributed by atoms with van der Waals surface area (Å²) in [6, 6.07) is 7.69. The maximum Gasteiger partial charge on any atom is 0.321 e. The summed E-state index contributed by atoms with van der Waals surface area (Å²) in [4.78, 5) is 15.6. The van der Waals surface area contributed by atoms with Crippen molar-refractivity contribution in [2.45, 2.75) is 0 Å². The lowest BCUT2D eigenvalue weighted by Crippen LogP contribution is -2.51. The smallest absolute Gasteiger partial charge is 0.321 e. The van der Waals surface area contributed by atoms with Gasteiger partial charge in [-0.3, -0.25) is 0 Å². The van der Waals surface area contributed by atoms with Crippen molar-refractivity contribution in [2.75, 3.05) is 31.1 Å². The Morgan fingerprint density at radius 1 is 1.33 bits per heavy atom. The molecule has 0 unspecified atom stereocenters. The van der Waals surface area contributed by atoms with E-state index in [9.17, 15) is 4.79 Å². The maximum atomic E-state index is 11.6. The molecule has 2 rings (SSSR count). The van der Waals surface area contributed by atoms with Gasteiger partial charge in [0, 0.05) is 36.9 Å². The quantitative estimate of drug-likeness (QED) is 0.891. The van der Waals surface area contributed by atoms with Crippen LogP contribution in [0.3, 0.4) is 0 Å². The molecule has 0 radical (unpaired) electrons. The number of amides is 2. The number of hydrogen-bond donors (Lipinski definition) is 1. The van der Waals surface area contributed by atoms with Gasteiger partial charge in [0.25, 0.3) is 0 Å². The summed E-state index contributed by atoms with van der Waals surface area (Å²) in [5, 5.41) is 3.33. The van der Waals surface area contributed by atoms with E-state index in [1.54, 1.807) is 4.90 Å². The average Bonchev–Trinajstić information content (AvgIpc) is 2.39. The van der Waals surface area contributed by atoms with Crippen LogP contribution in [0.2, 0.25) is 5.02 Å². The maximum absolute atomic E-state index is 11.6. The van der Waals surface area contributed by atoms with Crippen molar-refractivity contribution >= 4 is 23.3 Å². The van der Waals surface area contributed by atoms with Crippen LogP contribution in [-0.4, -0.2) is 37.1 Å². The van der Waals surface area contributed by atoms with E-state index in [0.29, 0.717) is 13.1 Å². The van der Waals surface area contributed by atoms with Gasteiger partial charge in [-0.1, -0.05) is 24.2 Å². The Labute approximate surface area is 112 Å². The zero-order chi connectivity index (χ0) is 13.0. The van der Waals surface area contributed by atoms with Crippen molar-refractivity contribution in [3.05, 3.63) is 42.1 Å². The predicted octanol–water partition coefficient (Wildman–Crippen LogP) is 2.32. The molecular weight excluding hydrogens is 250 g/mol. The normalized spacial score (nSPS) is 15.4. The lowest BCUT2D eigenvalue weighted by molar-refractivity contribution is 0.198. The minimum Gasteiger partial charge on any atom is -0.368 e. The number of rotatable bonds is 2. The summed E-state index contributed by atoms with van der Waals surface area (Å²) >= 11 is 5.97. The molecule has 2 amide bonds. The monoisotopic (exact) mass is 265 g/mol. The number of hydrogen-bond acceptors (Lipinski definition) is 2.